The lowest BCUT2D eigenvalue weighted by Crippen LogP contribution is -2.28. The van der Waals surface area contributed by atoms with Gasteiger partial charge in [-0.3, -0.25) is 10.1 Å². The number of nitrogens with one attached hydrogen (secondary N) is 2. The molecule has 6 heteroatoms. The lowest BCUT2D eigenvalue weighted by molar-refractivity contribution is 0.0635. The minimum absolute atomic E-state index is 0.141. The van der Waals surface area contributed by atoms with E-state index in [9.17, 15) is 9.59 Å². The van der Waals surface area contributed by atoms with E-state index >= 15 is 0 Å². The average Bonchev–Trinajstić information content (AvgIpc) is 2.53. The molecule has 2 aromatic carbocycles. The van der Waals surface area contributed by atoms with Gasteiger partial charge in [0.05, 0.1) is 6.04 Å². The smallest absolute Gasteiger partial charge is 0.412 e. The zero-order valence-corrected chi connectivity index (χ0v) is 16.9. The third-order valence-electron chi connectivity index (χ3n) is 3.49. The molecule has 2 amide bonds. The Balaban J connectivity index is 2.03. The van der Waals surface area contributed by atoms with Crippen LogP contribution in [-0.2, 0) is 4.74 Å². The van der Waals surface area contributed by atoms with Gasteiger partial charge in [0, 0.05) is 15.7 Å². The molecule has 2 N–H and O–H groups in total. The van der Waals surface area contributed by atoms with Crippen molar-refractivity contribution in [2.75, 3.05) is 5.32 Å². The van der Waals surface area contributed by atoms with Crippen molar-refractivity contribution in [1.82, 2.24) is 5.32 Å². The summed E-state index contributed by atoms with van der Waals surface area (Å²) in [6.45, 7) is 7.30. The van der Waals surface area contributed by atoms with E-state index in [1.807, 2.05) is 31.2 Å². The van der Waals surface area contributed by atoms with E-state index in [0.717, 1.165) is 10.0 Å². The molecule has 0 saturated heterocycles. The zero-order valence-electron chi connectivity index (χ0n) is 15.3. The Bertz CT molecular complexity index is 782. The number of carbonyl (C=O) groups is 2. The number of ether oxygens (including phenoxy) is 1. The molecule has 0 heterocycles. The number of carbonyl (C=O) groups excluding carboxylic acids is 2. The Morgan fingerprint density at radius 2 is 1.73 bits per heavy atom. The second-order valence-electron chi connectivity index (χ2n) is 6.95. The summed E-state index contributed by atoms with van der Waals surface area (Å²) >= 11 is 3.40. The van der Waals surface area contributed by atoms with Gasteiger partial charge in [0.2, 0.25) is 0 Å². The van der Waals surface area contributed by atoms with Gasteiger partial charge in [0.1, 0.15) is 5.60 Å². The molecule has 138 valence electrons. The van der Waals surface area contributed by atoms with Crippen molar-refractivity contribution in [2.45, 2.75) is 39.3 Å². The fraction of sp³-hybridized carbons (Fsp3) is 0.300. The standard InChI is InChI=1S/C20H23BrN2O3/c1-13(14-8-10-16(21)11-9-14)22-18(24)15-6-5-7-17(12-15)23-19(25)26-20(2,3)4/h5-13H,1-4H3,(H,22,24)(H,23,25). The van der Waals surface area contributed by atoms with Gasteiger partial charge >= 0.3 is 6.09 Å². The summed E-state index contributed by atoms with van der Waals surface area (Å²) in [7, 11) is 0. The highest BCUT2D eigenvalue weighted by Gasteiger charge is 2.17. The maximum absolute atomic E-state index is 12.5. The van der Waals surface area contributed by atoms with E-state index in [2.05, 4.69) is 26.6 Å². The van der Waals surface area contributed by atoms with Crippen LogP contribution in [-0.4, -0.2) is 17.6 Å². The van der Waals surface area contributed by atoms with Gasteiger partial charge in [-0.15, -0.1) is 0 Å². The first-order valence-corrected chi connectivity index (χ1v) is 9.10. The second-order valence-corrected chi connectivity index (χ2v) is 7.87. The van der Waals surface area contributed by atoms with Crippen molar-refractivity contribution in [3.8, 4) is 0 Å². The van der Waals surface area contributed by atoms with Crippen LogP contribution in [0.5, 0.6) is 0 Å². The predicted molar refractivity (Wildman–Crippen MR) is 106 cm³/mol. The molecular formula is C20H23BrN2O3. The van der Waals surface area contributed by atoms with Crippen molar-refractivity contribution in [2.24, 2.45) is 0 Å². The number of rotatable bonds is 4. The van der Waals surface area contributed by atoms with Crippen LogP contribution in [0.4, 0.5) is 10.5 Å². The first-order chi connectivity index (χ1) is 12.1. The minimum atomic E-state index is -0.584. The van der Waals surface area contributed by atoms with E-state index in [1.165, 1.54) is 0 Å². The largest absolute Gasteiger partial charge is 0.444 e. The number of hydrogen-bond donors (Lipinski definition) is 2. The van der Waals surface area contributed by atoms with Gasteiger partial charge < -0.3 is 10.1 Å². The fourth-order valence-corrected chi connectivity index (χ4v) is 2.54. The average molecular weight is 419 g/mol. The third kappa shape index (κ3) is 6.19. The van der Waals surface area contributed by atoms with Crippen LogP contribution in [0.1, 0.15) is 49.7 Å². The Labute approximate surface area is 162 Å². The predicted octanol–water partition coefficient (Wildman–Crippen LogP) is 5.29. The number of anilines is 1. The lowest BCUT2D eigenvalue weighted by atomic mass is 10.1. The Hall–Kier alpha value is -2.34. The molecule has 2 rings (SSSR count). The van der Waals surface area contributed by atoms with Crippen molar-refractivity contribution < 1.29 is 14.3 Å². The highest BCUT2D eigenvalue weighted by molar-refractivity contribution is 9.10. The maximum atomic E-state index is 12.5. The van der Waals surface area contributed by atoms with E-state index in [1.54, 1.807) is 45.0 Å². The van der Waals surface area contributed by atoms with Gasteiger partial charge in [-0.05, 0) is 63.6 Å². The van der Waals surface area contributed by atoms with Crippen LogP contribution < -0.4 is 10.6 Å². The number of amides is 2. The zero-order chi connectivity index (χ0) is 19.3. The molecule has 26 heavy (non-hydrogen) atoms. The molecule has 0 fully saturated rings. The van der Waals surface area contributed by atoms with Crippen LogP contribution in [0.25, 0.3) is 0 Å². The molecule has 1 unspecified atom stereocenters. The molecule has 0 aromatic heterocycles. The quantitative estimate of drug-likeness (QED) is 0.708. The topological polar surface area (TPSA) is 67.4 Å². The molecule has 2 aromatic rings. The first-order valence-electron chi connectivity index (χ1n) is 8.30. The van der Waals surface area contributed by atoms with Gasteiger partial charge in [0.25, 0.3) is 5.91 Å². The monoisotopic (exact) mass is 418 g/mol. The summed E-state index contributed by atoms with van der Waals surface area (Å²) < 4.78 is 6.21. The van der Waals surface area contributed by atoms with Crippen LogP contribution in [0.3, 0.4) is 0 Å². The normalized spacial score (nSPS) is 12.2. The van der Waals surface area contributed by atoms with E-state index in [-0.39, 0.29) is 11.9 Å². The molecule has 0 saturated carbocycles. The van der Waals surface area contributed by atoms with Crippen LogP contribution >= 0.6 is 15.9 Å². The molecular weight excluding hydrogens is 396 g/mol. The third-order valence-corrected chi connectivity index (χ3v) is 4.02. The molecule has 0 bridgehead atoms. The maximum Gasteiger partial charge on any atom is 0.412 e. The SMILES string of the molecule is CC(NC(=O)c1cccc(NC(=O)OC(C)(C)C)c1)c1ccc(Br)cc1. The van der Waals surface area contributed by atoms with Gasteiger partial charge in [-0.2, -0.15) is 0 Å². The summed E-state index contributed by atoms with van der Waals surface area (Å²) in [4.78, 5) is 24.4. The molecule has 0 spiro atoms. The van der Waals surface area contributed by atoms with Crippen LogP contribution in [0.2, 0.25) is 0 Å². The first kappa shape index (κ1) is 20.0. The summed E-state index contributed by atoms with van der Waals surface area (Å²) in [6.07, 6.45) is -0.557. The summed E-state index contributed by atoms with van der Waals surface area (Å²) in [6, 6.07) is 14.4. The van der Waals surface area contributed by atoms with E-state index in [4.69, 9.17) is 4.74 Å². The minimum Gasteiger partial charge on any atom is -0.444 e. The number of benzene rings is 2. The second kappa shape index (κ2) is 8.36. The number of halogens is 1. The Kier molecular flexibility index (Phi) is 6.42. The van der Waals surface area contributed by atoms with E-state index in [0.29, 0.717) is 11.3 Å². The van der Waals surface area contributed by atoms with Crippen molar-refractivity contribution >= 4 is 33.6 Å². The lowest BCUT2D eigenvalue weighted by Gasteiger charge is -2.20. The summed E-state index contributed by atoms with van der Waals surface area (Å²) in [5, 5.41) is 5.59. The molecule has 0 radical (unpaired) electrons. The van der Waals surface area contributed by atoms with Crippen molar-refractivity contribution in [3.05, 3.63) is 64.1 Å². The van der Waals surface area contributed by atoms with Gasteiger partial charge in [-0.25, -0.2) is 4.79 Å². The highest BCUT2D eigenvalue weighted by Crippen LogP contribution is 2.18. The molecule has 0 aliphatic heterocycles. The van der Waals surface area contributed by atoms with Crippen LogP contribution in [0, 0.1) is 0 Å². The molecule has 0 aliphatic rings. The Morgan fingerprint density at radius 1 is 1.08 bits per heavy atom. The van der Waals surface area contributed by atoms with Crippen molar-refractivity contribution in [3.63, 3.8) is 0 Å². The van der Waals surface area contributed by atoms with Crippen molar-refractivity contribution in [1.29, 1.82) is 0 Å². The fourth-order valence-electron chi connectivity index (χ4n) is 2.27. The van der Waals surface area contributed by atoms with Gasteiger partial charge in [0.15, 0.2) is 0 Å². The molecule has 5 nitrogen and oxygen atoms in total. The summed E-state index contributed by atoms with van der Waals surface area (Å²) in [5.41, 5.74) is 1.38. The molecule has 1 atom stereocenters. The van der Waals surface area contributed by atoms with Crippen LogP contribution in [0.15, 0.2) is 53.0 Å². The highest BCUT2D eigenvalue weighted by atomic mass is 79.9. The van der Waals surface area contributed by atoms with E-state index < -0.39 is 11.7 Å². The van der Waals surface area contributed by atoms with Gasteiger partial charge in [-0.1, -0.05) is 34.1 Å². The Morgan fingerprint density at radius 3 is 2.35 bits per heavy atom. The molecule has 0 aliphatic carbocycles. The summed E-state index contributed by atoms with van der Waals surface area (Å²) in [5.74, 6) is -0.215. The number of hydrogen-bond acceptors (Lipinski definition) is 3.